The lowest BCUT2D eigenvalue weighted by atomic mass is 10.2. The van der Waals surface area contributed by atoms with Crippen LogP contribution in [0.25, 0.3) is 0 Å². The van der Waals surface area contributed by atoms with Gasteiger partial charge in [-0.1, -0.05) is 0 Å². The van der Waals surface area contributed by atoms with Gasteiger partial charge in [0.05, 0.1) is 12.4 Å². The van der Waals surface area contributed by atoms with Crippen LogP contribution in [0.3, 0.4) is 0 Å². The van der Waals surface area contributed by atoms with Gasteiger partial charge in [0.1, 0.15) is 5.82 Å². The van der Waals surface area contributed by atoms with Crippen molar-refractivity contribution in [2.75, 3.05) is 36.5 Å². The fraction of sp³-hybridized carbons (Fsp3) is 0.667. The van der Waals surface area contributed by atoms with Crippen molar-refractivity contribution in [1.29, 1.82) is 0 Å². The first-order chi connectivity index (χ1) is 8.86. The molecule has 6 nitrogen and oxygen atoms in total. The highest BCUT2D eigenvalue weighted by molar-refractivity contribution is 5.44. The Bertz CT molecular complexity index is 403. The second-order valence-corrected chi connectivity index (χ2v) is 5.04. The Morgan fingerprint density at radius 1 is 1.22 bits per heavy atom. The second kappa shape index (κ2) is 5.07. The van der Waals surface area contributed by atoms with Crippen LogP contribution in [0.15, 0.2) is 12.4 Å². The Kier molecular flexibility index (Phi) is 3.29. The standard InChI is InChI=1S/C12H20N6/c13-16-11-7-14-8-12(15-11)18-6-3-10(9-18)17-4-1-2-5-17/h7-8,10H,1-6,9,13H2,(H,15,16). The first-order valence-corrected chi connectivity index (χ1v) is 6.64. The first kappa shape index (κ1) is 11.7. The molecular formula is C12H20N6. The summed E-state index contributed by atoms with van der Waals surface area (Å²) in [4.78, 5) is 13.5. The maximum absolute atomic E-state index is 5.36. The van der Waals surface area contributed by atoms with Crippen molar-refractivity contribution in [2.24, 2.45) is 5.84 Å². The molecule has 0 amide bonds. The number of hydrogen-bond donors (Lipinski definition) is 2. The van der Waals surface area contributed by atoms with Crippen LogP contribution in [0.1, 0.15) is 19.3 Å². The molecule has 0 radical (unpaired) electrons. The molecule has 0 aromatic carbocycles. The Labute approximate surface area is 107 Å². The fourth-order valence-corrected chi connectivity index (χ4v) is 2.93. The minimum Gasteiger partial charge on any atom is -0.354 e. The van der Waals surface area contributed by atoms with E-state index in [4.69, 9.17) is 5.84 Å². The van der Waals surface area contributed by atoms with E-state index in [1.807, 2.05) is 6.20 Å². The van der Waals surface area contributed by atoms with Gasteiger partial charge in [0, 0.05) is 19.1 Å². The molecule has 1 aromatic rings. The monoisotopic (exact) mass is 248 g/mol. The molecule has 0 aliphatic carbocycles. The number of nitrogens with one attached hydrogen (secondary N) is 1. The van der Waals surface area contributed by atoms with E-state index >= 15 is 0 Å². The molecule has 2 aliphatic heterocycles. The molecule has 0 saturated carbocycles. The summed E-state index contributed by atoms with van der Waals surface area (Å²) in [6, 6.07) is 0.684. The number of rotatable bonds is 3. The first-order valence-electron chi connectivity index (χ1n) is 6.64. The van der Waals surface area contributed by atoms with E-state index in [1.165, 1.54) is 32.4 Å². The Morgan fingerprint density at radius 2 is 2.06 bits per heavy atom. The van der Waals surface area contributed by atoms with Crippen LogP contribution in [0.5, 0.6) is 0 Å². The quantitative estimate of drug-likeness (QED) is 0.597. The van der Waals surface area contributed by atoms with Gasteiger partial charge < -0.3 is 10.3 Å². The molecule has 2 fully saturated rings. The molecule has 3 heterocycles. The summed E-state index contributed by atoms with van der Waals surface area (Å²) in [6.07, 6.45) is 7.37. The van der Waals surface area contributed by atoms with Crippen LogP contribution in [0.4, 0.5) is 11.6 Å². The normalized spacial score (nSPS) is 24.7. The van der Waals surface area contributed by atoms with Gasteiger partial charge in [-0.2, -0.15) is 0 Å². The zero-order valence-electron chi connectivity index (χ0n) is 10.5. The highest BCUT2D eigenvalue weighted by Gasteiger charge is 2.29. The minimum absolute atomic E-state index is 0.622. The number of likely N-dealkylation sites (tertiary alicyclic amines) is 1. The Balaban J connectivity index is 1.67. The largest absolute Gasteiger partial charge is 0.354 e. The molecule has 18 heavy (non-hydrogen) atoms. The van der Waals surface area contributed by atoms with E-state index < -0.39 is 0 Å². The Morgan fingerprint density at radius 3 is 2.83 bits per heavy atom. The molecule has 3 N–H and O–H groups in total. The number of nitrogen functional groups attached to an aromatic ring is 1. The van der Waals surface area contributed by atoms with Crippen LogP contribution in [0.2, 0.25) is 0 Å². The van der Waals surface area contributed by atoms with Gasteiger partial charge in [-0.05, 0) is 32.4 Å². The van der Waals surface area contributed by atoms with Gasteiger partial charge in [0.25, 0.3) is 0 Å². The van der Waals surface area contributed by atoms with Crippen LogP contribution in [-0.2, 0) is 0 Å². The molecule has 0 spiro atoms. The van der Waals surface area contributed by atoms with Crippen molar-refractivity contribution in [1.82, 2.24) is 14.9 Å². The van der Waals surface area contributed by atoms with Crippen LogP contribution >= 0.6 is 0 Å². The number of hydrazine groups is 1. The molecule has 2 aliphatic rings. The molecule has 98 valence electrons. The van der Waals surface area contributed by atoms with E-state index in [0.717, 1.165) is 18.9 Å². The lowest BCUT2D eigenvalue weighted by molar-refractivity contribution is 0.260. The average molecular weight is 248 g/mol. The number of nitrogens with zero attached hydrogens (tertiary/aromatic N) is 4. The van der Waals surface area contributed by atoms with Crippen molar-refractivity contribution in [3.05, 3.63) is 12.4 Å². The van der Waals surface area contributed by atoms with Crippen molar-refractivity contribution >= 4 is 11.6 Å². The van der Waals surface area contributed by atoms with E-state index in [0.29, 0.717) is 11.9 Å². The predicted octanol–water partition coefficient (Wildman–Crippen LogP) is 0.437. The van der Waals surface area contributed by atoms with Crippen LogP contribution in [0, 0.1) is 0 Å². The van der Waals surface area contributed by atoms with Gasteiger partial charge in [0.2, 0.25) is 0 Å². The van der Waals surface area contributed by atoms with E-state index in [1.54, 1.807) is 6.20 Å². The summed E-state index contributed by atoms with van der Waals surface area (Å²) in [5.41, 5.74) is 2.55. The van der Waals surface area contributed by atoms with Crippen molar-refractivity contribution < 1.29 is 0 Å². The minimum atomic E-state index is 0.622. The fourth-order valence-electron chi connectivity index (χ4n) is 2.93. The van der Waals surface area contributed by atoms with Crippen LogP contribution < -0.4 is 16.2 Å². The summed E-state index contributed by atoms with van der Waals surface area (Å²) in [6.45, 7) is 4.63. The molecular weight excluding hydrogens is 228 g/mol. The zero-order valence-corrected chi connectivity index (χ0v) is 10.5. The van der Waals surface area contributed by atoms with E-state index in [2.05, 4.69) is 25.2 Å². The lowest BCUT2D eigenvalue weighted by Gasteiger charge is -2.24. The van der Waals surface area contributed by atoms with E-state index in [-0.39, 0.29) is 0 Å². The highest BCUT2D eigenvalue weighted by atomic mass is 15.3. The summed E-state index contributed by atoms with van der Waals surface area (Å²) < 4.78 is 0. The van der Waals surface area contributed by atoms with Crippen molar-refractivity contribution in [3.63, 3.8) is 0 Å². The molecule has 3 rings (SSSR count). The van der Waals surface area contributed by atoms with Gasteiger partial charge in [-0.3, -0.25) is 9.88 Å². The van der Waals surface area contributed by atoms with E-state index in [9.17, 15) is 0 Å². The SMILES string of the molecule is NNc1cncc(N2CCC(N3CCCC3)C2)n1. The van der Waals surface area contributed by atoms with Gasteiger partial charge >= 0.3 is 0 Å². The number of nitrogens with two attached hydrogens (primary N) is 1. The molecule has 1 unspecified atom stereocenters. The third kappa shape index (κ3) is 2.26. The van der Waals surface area contributed by atoms with Gasteiger partial charge in [-0.15, -0.1) is 0 Å². The number of hydrogen-bond acceptors (Lipinski definition) is 6. The van der Waals surface area contributed by atoms with Gasteiger partial charge in [-0.25, -0.2) is 10.8 Å². The number of anilines is 2. The third-order valence-electron chi connectivity index (χ3n) is 3.91. The van der Waals surface area contributed by atoms with Gasteiger partial charge in [0.15, 0.2) is 5.82 Å². The van der Waals surface area contributed by atoms with Crippen molar-refractivity contribution in [2.45, 2.75) is 25.3 Å². The molecule has 1 aromatic heterocycles. The smallest absolute Gasteiger partial charge is 0.160 e. The summed E-state index contributed by atoms with van der Waals surface area (Å²) in [5.74, 6) is 6.91. The zero-order chi connectivity index (χ0) is 12.4. The lowest BCUT2D eigenvalue weighted by Crippen LogP contribution is -2.35. The number of aromatic nitrogens is 2. The molecule has 1 atom stereocenters. The topological polar surface area (TPSA) is 70.3 Å². The molecule has 6 heteroatoms. The highest BCUT2D eigenvalue weighted by Crippen LogP contribution is 2.24. The average Bonchev–Trinajstić information content (AvgIpc) is 3.09. The molecule has 2 saturated heterocycles. The second-order valence-electron chi connectivity index (χ2n) is 5.04. The Hall–Kier alpha value is -1.40. The third-order valence-corrected chi connectivity index (χ3v) is 3.91. The molecule has 0 bridgehead atoms. The van der Waals surface area contributed by atoms with Crippen molar-refractivity contribution in [3.8, 4) is 0 Å². The summed E-state index contributed by atoms with van der Waals surface area (Å²) >= 11 is 0. The maximum atomic E-state index is 5.36. The summed E-state index contributed by atoms with van der Waals surface area (Å²) in [5, 5.41) is 0. The van der Waals surface area contributed by atoms with Crippen LogP contribution in [-0.4, -0.2) is 47.1 Å². The maximum Gasteiger partial charge on any atom is 0.160 e. The summed E-state index contributed by atoms with van der Waals surface area (Å²) in [7, 11) is 0. The predicted molar refractivity (Wildman–Crippen MR) is 71.3 cm³/mol.